The minimum Gasteiger partial charge on any atom is -0.511 e. The Balaban J connectivity index is 1.77. The quantitative estimate of drug-likeness (QED) is 0.845. The summed E-state index contributed by atoms with van der Waals surface area (Å²) < 4.78 is 5.46. The number of carbonyl (C=O) groups is 1. The van der Waals surface area contributed by atoms with Gasteiger partial charge in [-0.25, -0.2) is 4.79 Å². The number of aliphatic hydroxyl groups is 1. The maximum atomic E-state index is 12.3. The summed E-state index contributed by atoms with van der Waals surface area (Å²) in [5.74, 6) is 0.0526. The molecule has 120 valence electrons. The number of hydrogen-bond donors (Lipinski definition) is 1. The summed E-state index contributed by atoms with van der Waals surface area (Å²) in [5, 5.41) is 19.5. The van der Waals surface area contributed by atoms with Gasteiger partial charge in [-0.3, -0.25) is 0 Å². The summed E-state index contributed by atoms with van der Waals surface area (Å²) in [4.78, 5) is 12.5. The number of rotatable bonds is 4. The van der Waals surface area contributed by atoms with Crippen LogP contribution in [0.2, 0.25) is 0 Å². The van der Waals surface area contributed by atoms with Gasteiger partial charge in [-0.15, -0.1) is 11.8 Å². The van der Waals surface area contributed by atoms with Gasteiger partial charge in [0.25, 0.3) is 0 Å². The van der Waals surface area contributed by atoms with Gasteiger partial charge in [-0.05, 0) is 11.6 Å². The fourth-order valence-corrected chi connectivity index (χ4v) is 3.45. The number of thioether (sulfide) groups is 1. The first kappa shape index (κ1) is 16.2. The van der Waals surface area contributed by atoms with Crippen molar-refractivity contribution >= 4 is 17.7 Å². The lowest BCUT2D eigenvalue weighted by Crippen LogP contribution is -2.21. The Labute approximate surface area is 144 Å². The van der Waals surface area contributed by atoms with Crippen LogP contribution in [0.5, 0.6) is 0 Å². The number of benzene rings is 2. The van der Waals surface area contributed by atoms with E-state index in [9.17, 15) is 15.2 Å². The van der Waals surface area contributed by atoms with Crippen molar-refractivity contribution in [3.63, 3.8) is 0 Å². The molecule has 0 bridgehead atoms. The zero-order valence-electron chi connectivity index (χ0n) is 12.8. The first-order valence-corrected chi connectivity index (χ1v) is 8.46. The summed E-state index contributed by atoms with van der Waals surface area (Å²) in [6.07, 6.45) is -0.448. The molecule has 0 amide bonds. The first-order chi connectivity index (χ1) is 11.7. The van der Waals surface area contributed by atoms with Gasteiger partial charge in [0.2, 0.25) is 0 Å². The van der Waals surface area contributed by atoms with Crippen LogP contribution in [0.25, 0.3) is 0 Å². The topological polar surface area (TPSA) is 70.3 Å². The van der Waals surface area contributed by atoms with E-state index in [1.54, 1.807) is 24.3 Å². The second-order valence-corrected chi connectivity index (χ2v) is 6.33. The fourth-order valence-electron chi connectivity index (χ4n) is 2.54. The lowest BCUT2D eigenvalue weighted by atomic mass is 9.99. The van der Waals surface area contributed by atoms with Gasteiger partial charge < -0.3 is 9.84 Å². The average Bonchev–Trinajstić information content (AvgIpc) is 2.61. The molecular weight excluding hydrogens is 322 g/mol. The standard InChI is InChI=1S/C19H15NO3S/c20-11-14-8-4-5-9-15(14)17-10-16(21)18(19(22)23-17)24-12-13-6-2-1-3-7-13/h1-9,17,21H,10,12H2. The fraction of sp³-hybridized carbons (Fsp3) is 0.158. The SMILES string of the molecule is N#Cc1ccccc1C1CC(O)=C(SCc2ccccc2)C(=O)O1. The molecule has 1 aliphatic heterocycles. The van der Waals surface area contributed by atoms with Gasteiger partial charge in [-0.2, -0.15) is 5.26 Å². The number of nitriles is 1. The molecule has 24 heavy (non-hydrogen) atoms. The molecule has 1 heterocycles. The Hall–Kier alpha value is -2.71. The van der Waals surface area contributed by atoms with Gasteiger partial charge in [-0.1, -0.05) is 48.5 Å². The van der Waals surface area contributed by atoms with E-state index in [4.69, 9.17) is 4.74 Å². The lowest BCUT2D eigenvalue weighted by molar-refractivity contribution is -0.146. The molecule has 2 aromatic rings. The lowest BCUT2D eigenvalue weighted by Gasteiger charge is -2.25. The van der Waals surface area contributed by atoms with Gasteiger partial charge in [0.05, 0.1) is 11.6 Å². The molecule has 5 heteroatoms. The molecular formula is C19H15NO3S. The van der Waals surface area contributed by atoms with E-state index < -0.39 is 12.1 Å². The largest absolute Gasteiger partial charge is 0.511 e. The number of hydrogen-bond acceptors (Lipinski definition) is 5. The Morgan fingerprint density at radius 3 is 2.58 bits per heavy atom. The molecule has 1 N–H and O–H groups in total. The van der Waals surface area contributed by atoms with Crippen molar-refractivity contribution in [2.24, 2.45) is 0 Å². The highest BCUT2D eigenvalue weighted by Gasteiger charge is 2.31. The molecule has 0 radical (unpaired) electrons. The minimum atomic E-state index is -0.630. The molecule has 0 saturated heterocycles. The van der Waals surface area contributed by atoms with Crippen LogP contribution in [0.3, 0.4) is 0 Å². The summed E-state index contributed by atoms with van der Waals surface area (Å²) in [5.41, 5.74) is 2.13. The first-order valence-electron chi connectivity index (χ1n) is 7.48. The molecule has 0 spiro atoms. The van der Waals surface area contributed by atoms with Crippen molar-refractivity contribution < 1.29 is 14.6 Å². The highest BCUT2D eigenvalue weighted by Crippen LogP contribution is 2.37. The summed E-state index contributed by atoms with van der Waals surface area (Å²) in [6.45, 7) is 0. The van der Waals surface area contributed by atoms with E-state index in [1.165, 1.54) is 11.8 Å². The van der Waals surface area contributed by atoms with Crippen LogP contribution in [-0.4, -0.2) is 11.1 Å². The smallest absolute Gasteiger partial charge is 0.348 e. The maximum Gasteiger partial charge on any atom is 0.348 e. The average molecular weight is 337 g/mol. The van der Waals surface area contributed by atoms with Crippen LogP contribution in [0.4, 0.5) is 0 Å². The Morgan fingerprint density at radius 1 is 1.17 bits per heavy atom. The number of ether oxygens (including phenoxy) is 1. The highest BCUT2D eigenvalue weighted by atomic mass is 32.2. The Bertz CT molecular complexity index is 824. The third kappa shape index (κ3) is 3.44. The molecule has 0 aliphatic carbocycles. The number of aliphatic hydroxyl groups excluding tert-OH is 1. The van der Waals surface area contributed by atoms with Crippen molar-refractivity contribution in [3.8, 4) is 6.07 Å². The third-order valence-electron chi connectivity index (χ3n) is 3.73. The molecule has 0 aromatic heterocycles. The van der Waals surface area contributed by atoms with E-state index >= 15 is 0 Å². The van der Waals surface area contributed by atoms with E-state index in [2.05, 4.69) is 6.07 Å². The highest BCUT2D eigenvalue weighted by molar-refractivity contribution is 8.03. The van der Waals surface area contributed by atoms with Crippen molar-refractivity contribution in [3.05, 3.63) is 82.0 Å². The molecule has 3 rings (SSSR count). The molecule has 1 unspecified atom stereocenters. The van der Waals surface area contributed by atoms with Crippen molar-refractivity contribution in [2.75, 3.05) is 0 Å². The summed E-state index contributed by atoms with van der Waals surface area (Å²) in [6, 6.07) is 18.7. The van der Waals surface area contributed by atoms with Crippen LogP contribution in [0.1, 0.15) is 29.2 Å². The van der Waals surface area contributed by atoms with Crippen molar-refractivity contribution in [1.82, 2.24) is 0 Å². The molecule has 2 aromatic carbocycles. The van der Waals surface area contributed by atoms with Crippen LogP contribution in [0, 0.1) is 11.3 Å². The molecule has 0 fully saturated rings. The molecule has 0 saturated carbocycles. The molecule has 4 nitrogen and oxygen atoms in total. The molecule has 1 aliphatic rings. The van der Waals surface area contributed by atoms with Gasteiger partial charge in [0, 0.05) is 17.7 Å². The summed E-state index contributed by atoms with van der Waals surface area (Å²) in [7, 11) is 0. The second kappa shape index (κ2) is 7.24. The van der Waals surface area contributed by atoms with Crippen molar-refractivity contribution in [2.45, 2.75) is 18.3 Å². The summed E-state index contributed by atoms with van der Waals surface area (Å²) >= 11 is 1.26. The second-order valence-electron chi connectivity index (χ2n) is 5.35. The van der Waals surface area contributed by atoms with Crippen LogP contribution >= 0.6 is 11.8 Å². The van der Waals surface area contributed by atoms with Crippen molar-refractivity contribution in [1.29, 1.82) is 5.26 Å². The van der Waals surface area contributed by atoms with E-state index in [-0.39, 0.29) is 17.1 Å². The predicted octanol–water partition coefficient (Wildman–Crippen LogP) is 4.25. The zero-order chi connectivity index (χ0) is 16.9. The molecule has 1 atom stereocenters. The van der Waals surface area contributed by atoms with E-state index in [0.29, 0.717) is 16.9 Å². The van der Waals surface area contributed by atoms with Gasteiger partial charge >= 0.3 is 5.97 Å². The monoisotopic (exact) mass is 337 g/mol. The normalized spacial score (nSPS) is 17.3. The predicted molar refractivity (Wildman–Crippen MR) is 92.0 cm³/mol. The number of nitrogens with zero attached hydrogens (tertiary/aromatic N) is 1. The van der Waals surface area contributed by atoms with Gasteiger partial charge in [0.15, 0.2) is 0 Å². The Morgan fingerprint density at radius 2 is 1.88 bits per heavy atom. The van der Waals surface area contributed by atoms with E-state index in [0.717, 1.165) is 5.56 Å². The van der Waals surface area contributed by atoms with E-state index in [1.807, 2.05) is 30.3 Å². The van der Waals surface area contributed by atoms with Crippen LogP contribution in [-0.2, 0) is 15.3 Å². The van der Waals surface area contributed by atoms with Gasteiger partial charge in [0.1, 0.15) is 16.8 Å². The minimum absolute atomic E-state index is 0.0184. The Kier molecular flexibility index (Phi) is 4.88. The number of cyclic esters (lactones) is 1. The third-order valence-corrected chi connectivity index (χ3v) is 4.90. The van der Waals surface area contributed by atoms with Crippen LogP contribution < -0.4 is 0 Å². The maximum absolute atomic E-state index is 12.3. The van der Waals surface area contributed by atoms with Crippen LogP contribution in [0.15, 0.2) is 65.3 Å². The zero-order valence-corrected chi connectivity index (χ0v) is 13.6. The number of carbonyl (C=O) groups excluding carboxylic acids is 1. The number of esters is 1.